The van der Waals surface area contributed by atoms with Crippen LogP contribution < -0.4 is 0 Å². The molecule has 1 aliphatic rings. The Kier molecular flexibility index (Phi) is 5.96. The number of aliphatic imine (C=N–C) groups is 1. The summed E-state index contributed by atoms with van der Waals surface area (Å²) in [4.78, 5) is 4.47. The lowest BCUT2D eigenvalue weighted by molar-refractivity contribution is -0.0593. The largest absolute Gasteiger partial charge is 0.392 e. The fourth-order valence-electron chi connectivity index (χ4n) is 3.17. The lowest BCUT2D eigenvalue weighted by Crippen LogP contribution is -2.48. The van der Waals surface area contributed by atoms with Gasteiger partial charge in [-0.15, -0.1) is 0 Å². The topological polar surface area (TPSA) is 93.3 Å². The Morgan fingerprint density at radius 3 is 1.88 bits per heavy atom. The average molecular weight is 353 g/mol. The molecule has 0 spiro atoms. The molecule has 0 aliphatic heterocycles. The van der Waals surface area contributed by atoms with Gasteiger partial charge in [0.05, 0.1) is 12.6 Å². The van der Waals surface area contributed by atoms with Crippen molar-refractivity contribution < 1.29 is 20.4 Å². The van der Waals surface area contributed by atoms with E-state index >= 15 is 0 Å². The zero-order chi connectivity index (χ0) is 18.5. The van der Waals surface area contributed by atoms with Crippen LogP contribution in [0.5, 0.6) is 0 Å². The highest BCUT2D eigenvalue weighted by Gasteiger charge is 2.36. The summed E-state index contributed by atoms with van der Waals surface area (Å²) in [6, 6.07) is 19.0. The van der Waals surface area contributed by atoms with E-state index in [1.807, 2.05) is 60.7 Å². The second-order valence-electron chi connectivity index (χ2n) is 6.41. The molecule has 0 bridgehead atoms. The van der Waals surface area contributed by atoms with Gasteiger partial charge in [-0.1, -0.05) is 66.7 Å². The fraction of sp³-hybridized carbons (Fsp3) is 0.286. The smallest absolute Gasteiger partial charge is 0.112 e. The van der Waals surface area contributed by atoms with E-state index in [2.05, 4.69) is 4.99 Å². The molecule has 5 nitrogen and oxygen atoms in total. The Hall–Kier alpha value is -2.31. The van der Waals surface area contributed by atoms with Gasteiger partial charge >= 0.3 is 0 Å². The highest BCUT2D eigenvalue weighted by molar-refractivity contribution is 5.73. The summed E-state index contributed by atoms with van der Waals surface area (Å²) in [7, 11) is 0. The maximum Gasteiger partial charge on any atom is 0.112 e. The van der Waals surface area contributed by atoms with Gasteiger partial charge in [-0.3, -0.25) is 4.99 Å². The summed E-state index contributed by atoms with van der Waals surface area (Å²) in [5, 5.41) is 39.4. The molecular weight excluding hydrogens is 330 g/mol. The molecule has 0 radical (unpaired) electrons. The first-order valence-corrected chi connectivity index (χ1v) is 8.60. The lowest BCUT2D eigenvalue weighted by Gasteiger charge is -2.32. The third-order valence-corrected chi connectivity index (χ3v) is 4.70. The standard InChI is InChI=1S/C21H23NO4/c23-13-16-11-18(20(25)21(26)19(16)24)22-12-17(14-7-3-1-4-8-14)15-9-5-2-6-10-15/h1-12,17-21,23-26H,13H2. The maximum absolute atomic E-state index is 10.2. The molecule has 4 atom stereocenters. The van der Waals surface area contributed by atoms with Gasteiger partial charge in [0.25, 0.3) is 0 Å². The summed E-state index contributed by atoms with van der Waals surface area (Å²) in [6.45, 7) is -0.391. The maximum atomic E-state index is 10.2. The van der Waals surface area contributed by atoms with Crippen molar-refractivity contribution in [2.24, 2.45) is 4.99 Å². The zero-order valence-corrected chi connectivity index (χ0v) is 14.3. The van der Waals surface area contributed by atoms with Crippen molar-refractivity contribution in [3.05, 3.63) is 83.4 Å². The summed E-state index contributed by atoms with van der Waals surface area (Å²) in [6.07, 6.45) is -0.625. The number of hydrogen-bond acceptors (Lipinski definition) is 5. The van der Waals surface area contributed by atoms with Crippen molar-refractivity contribution >= 4 is 6.21 Å². The van der Waals surface area contributed by atoms with Crippen LogP contribution in [0.2, 0.25) is 0 Å². The van der Waals surface area contributed by atoms with Crippen molar-refractivity contribution in [2.45, 2.75) is 30.3 Å². The zero-order valence-electron chi connectivity index (χ0n) is 14.3. The normalized spacial score (nSPS) is 26.3. The molecule has 0 fully saturated rings. The Labute approximate surface area is 152 Å². The van der Waals surface area contributed by atoms with Crippen LogP contribution in [0.4, 0.5) is 0 Å². The predicted molar refractivity (Wildman–Crippen MR) is 100 cm³/mol. The van der Waals surface area contributed by atoms with Gasteiger partial charge in [0, 0.05) is 12.1 Å². The van der Waals surface area contributed by atoms with E-state index in [-0.39, 0.29) is 11.5 Å². The summed E-state index contributed by atoms with van der Waals surface area (Å²) < 4.78 is 0. The van der Waals surface area contributed by atoms with Gasteiger partial charge in [-0.2, -0.15) is 0 Å². The molecule has 0 heterocycles. The van der Waals surface area contributed by atoms with Gasteiger partial charge in [0.15, 0.2) is 0 Å². The second-order valence-corrected chi connectivity index (χ2v) is 6.41. The number of nitrogens with zero attached hydrogens (tertiary/aromatic N) is 1. The minimum Gasteiger partial charge on any atom is -0.392 e. The molecule has 3 rings (SSSR count). The molecular formula is C21H23NO4. The first-order chi connectivity index (χ1) is 12.6. The highest BCUT2D eigenvalue weighted by Crippen LogP contribution is 2.25. The summed E-state index contributed by atoms with van der Waals surface area (Å²) in [5.74, 6) is -0.112. The van der Waals surface area contributed by atoms with E-state index in [0.717, 1.165) is 11.1 Å². The second kappa shape index (κ2) is 8.38. The molecule has 2 aromatic rings. The molecule has 26 heavy (non-hydrogen) atoms. The average Bonchev–Trinajstić information content (AvgIpc) is 2.69. The van der Waals surface area contributed by atoms with Crippen LogP contribution in [-0.4, -0.2) is 57.6 Å². The van der Waals surface area contributed by atoms with Gasteiger partial charge in [-0.25, -0.2) is 0 Å². The first-order valence-electron chi connectivity index (χ1n) is 8.60. The quantitative estimate of drug-likeness (QED) is 0.481. The Balaban J connectivity index is 1.93. The number of aliphatic hydroxyl groups is 4. The highest BCUT2D eigenvalue weighted by atomic mass is 16.4. The minimum atomic E-state index is -1.38. The van der Waals surface area contributed by atoms with Gasteiger partial charge in [-0.05, 0) is 16.7 Å². The molecule has 0 saturated carbocycles. The van der Waals surface area contributed by atoms with Gasteiger partial charge < -0.3 is 20.4 Å². The van der Waals surface area contributed by atoms with Crippen LogP contribution in [0.15, 0.2) is 77.3 Å². The van der Waals surface area contributed by atoms with Gasteiger partial charge in [0.1, 0.15) is 18.3 Å². The van der Waals surface area contributed by atoms with Crippen molar-refractivity contribution in [1.82, 2.24) is 0 Å². The summed E-state index contributed by atoms with van der Waals surface area (Å²) >= 11 is 0. The van der Waals surface area contributed by atoms with Crippen LogP contribution in [0, 0.1) is 0 Å². The molecule has 0 saturated heterocycles. The first kappa shape index (κ1) is 18.5. The number of hydrogen-bond donors (Lipinski definition) is 4. The van der Waals surface area contributed by atoms with Crippen LogP contribution in [-0.2, 0) is 0 Å². The third-order valence-electron chi connectivity index (χ3n) is 4.70. The molecule has 4 unspecified atom stereocenters. The van der Waals surface area contributed by atoms with Crippen LogP contribution in [0.1, 0.15) is 17.0 Å². The van der Waals surface area contributed by atoms with E-state index < -0.39 is 31.0 Å². The molecule has 0 aromatic heterocycles. The molecule has 4 N–H and O–H groups in total. The monoisotopic (exact) mass is 353 g/mol. The molecule has 136 valence electrons. The Morgan fingerprint density at radius 1 is 0.846 bits per heavy atom. The number of rotatable bonds is 5. The molecule has 0 amide bonds. The molecule has 1 aliphatic carbocycles. The van der Waals surface area contributed by atoms with Crippen molar-refractivity contribution in [2.75, 3.05) is 6.61 Å². The van der Waals surface area contributed by atoms with E-state index in [1.54, 1.807) is 6.21 Å². The fourth-order valence-corrected chi connectivity index (χ4v) is 3.17. The van der Waals surface area contributed by atoms with Gasteiger partial charge in [0.2, 0.25) is 0 Å². The number of benzene rings is 2. The van der Waals surface area contributed by atoms with Crippen molar-refractivity contribution in [3.63, 3.8) is 0 Å². The third kappa shape index (κ3) is 3.92. The summed E-state index contributed by atoms with van der Waals surface area (Å²) in [5.41, 5.74) is 2.38. The van der Waals surface area contributed by atoms with E-state index in [9.17, 15) is 20.4 Å². The van der Waals surface area contributed by atoms with E-state index in [4.69, 9.17) is 0 Å². The lowest BCUT2D eigenvalue weighted by atomic mass is 9.88. The van der Waals surface area contributed by atoms with Crippen LogP contribution in [0.3, 0.4) is 0 Å². The molecule has 2 aromatic carbocycles. The van der Waals surface area contributed by atoms with E-state index in [0.29, 0.717) is 0 Å². The Morgan fingerprint density at radius 2 is 1.38 bits per heavy atom. The molecule has 5 heteroatoms. The Bertz CT molecular complexity index is 721. The number of aliphatic hydroxyl groups excluding tert-OH is 4. The van der Waals surface area contributed by atoms with Crippen molar-refractivity contribution in [3.8, 4) is 0 Å². The van der Waals surface area contributed by atoms with Crippen LogP contribution in [0.25, 0.3) is 0 Å². The minimum absolute atomic E-state index is 0.112. The SMILES string of the molecule is OCC1=CC(N=CC(c2ccccc2)c2ccccc2)C(O)C(O)C1O. The van der Waals surface area contributed by atoms with Crippen LogP contribution >= 0.6 is 0 Å². The van der Waals surface area contributed by atoms with E-state index in [1.165, 1.54) is 6.08 Å². The predicted octanol–water partition coefficient (Wildman–Crippen LogP) is 1.27. The van der Waals surface area contributed by atoms with Crippen molar-refractivity contribution in [1.29, 1.82) is 0 Å².